The molecule has 1 saturated heterocycles. The van der Waals surface area contributed by atoms with Gasteiger partial charge < -0.3 is 4.74 Å². The molecule has 1 aromatic carbocycles. The number of hydrogen-bond acceptors (Lipinski definition) is 5. The molecular weight excluding hydrogens is 390 g/mol. The fourth-order valence-electron chi connectivity index (χ4n) is 2.75. The molecule has 0 atom stereocenters. The quantitative estimate of drug-likeness (QED) is 0.222. The molecule has 28 heavy (non-hydrogen) atoms. The van der Waals surface area contributed by atoms with E-state index in [1.807, 2.05) is 49.4 Å². The second-order valence-corrected chi connectivity index (χ2v) is 8.34. The molecule has 1 aromatic rings. The summed E-state index contributed by atoms with van der Waals surface area (Å²) in [6.07, 6.45) is 7.81. The van der Waals surface area contributed by atoms with Crippen LogP contribution < -0.4 is 0 Å². The number of ether oxygens (including phenoxy) is 1. The third-order valence-electron chi connectivity index (χ3n) is 4.20. The van der Waals surface area contributed by atoms with Gasteiger partial charge in [-0.1, -0.05) is 80.2 Å². The average Bonchev–Trinajstić information content (AvgIpc) is 2.93. The Kier molecular flexibility index (Phi) is 9.44. The van der Waals surface area contributed by atoms with Gasteiger partial charge in [-0.05, 0) is 37.0 Å². The van der Waals surface area contributed by atoms with Gasteiger partial charge in [-0.3, -0.25) is 14.5 Å². The van der Waals surface area contributed by atoms with Crippen molar-refractivity contribution in [2.45, 2.75) is 46.0 Å². The number of nitrogens with zero attached hydrogens (tertiary/aromatic N) is 1. The van der Waals surface area contributed by atoms with E-state index in [0.717, 1.165) is 30.4 Å². The zero-order valence-corrected chi connectivity index (χ0v) is 18.1. The molecule has 0 radical (unpaired) electrons. The zero-order valence-electron chi connectivity index (χ0n) is 16.5. The van der Waals surface area contributed by atoms with E-state index in [-0.39, 0.29) is 11.9 Å². The first-order valence-corrected chi connectivity index (χ1v) is 10.9. The van der Waals surface area contributed by atoms with Gasteiger partial charge in [0.1, 0.15) is 4.32 Å². The summed E-state index contributed by atoms with van der Waals surface area (Å²) in [6.45, 7) is 4.99. The molecular formula is C22H27NO3S2. The number of thiocarbonyl (C=S) groups is 1. The smallest absolute Gasteiger partial charge is 0.305 e. The molecule has 0 unspecified atom stereocenters. The predicted molar refractivity (Wildman–Crippen MR) is 120 cm³/mol. The Morgan fingerprint density at radius 2 is 1.96 bits per heavy atom. The van der Waals surface area contributed by atoms with Crippen molar-refractivity contribution >= 4 is 46.3 Å². The molecule has 1 aliphatic heterocycles. The fourth-order valence-corrected chi connectivity index (χ4v) is 4.10. The lowest BCUT2D eigenvalue weighted by Crippen LogP contribution is -2.29. The number of hydrogen-bond donors (Lipinski definition) is 0. The summed E-state index contributed by atoms with van der Waals surface area (Å²) in [5, 5.41) is 0. The van der Waals surface area contributed by atoms with Gasteiger partial charge in [-0.15, -0.1) is 0 Å². The van der Waals surface area contributed by atoms with Gasteiger partial charge in [0.15, 0.2) is 0 Å². The summed E-state index contributed by atoms with van der Waals surface area (Å²) in [7, 11) is 0. The van der Waals surface area contributed by atoms with Crippen molar-refractivity contribution in [3.63, 3.8) is 0 Å². The van der Waals surface area contributed by atoms with E-state index in [4.69, 9.17) is 17.0 Å². The summed E-state index contributed by atoms with van der Waals surface area (Å²) in [5.41, 5.74) is 2.08. The molecule has 6 heteroatoms. The Hall–Kier alpha value is -1.92. The summed E-state index contributed by atoms with van der Waals surface area (Å²) in [6, 6.07) is 9.97. The monoisotopic (exact) mass is 417 g/mol. The van der Waals surface area contributed by atoms with Crippen LogP contribution in [0.25, 0.3) is 6.08 Å². The van der Waals surface area contributed by atoms with Gasteiger partial charge in [-0.25, -0.2) is 0 Å². The van der Waals surface area contributed by atoms with Gasteiger partial charge in [0, 0.05) is 13.0 Å². The Morgan fingerprint density at radius 3 is 2.68 bits per heavy atom. The van der Waals surface area contributed by atoms with Gasteiger partial charge in [-0.2, -0.15) is 0 Å². The average molecular weight is 418 g/mol. The number of rotatable bonds is 10. The van der Waals surface area contributed by atoms with Crippen molar-refractivity contribution in [1.29, 1.82) is 0 Å². The van der Waals surface area contributed by atoms with E-state index >= 15 is 0 Å². The number of benzene rings is 1. The van der Waals surface area contributed by atoms with E-state index in [9.17, 15) is 9.59 Å². The minimum Gasteiger partial charge on any atom is -0.466 e. The number of allylic oxidation sites excluding steroid dienone is 2. The Labute approximate surface area is 177 Å². The lowest BCUT2D eigenvalue weighted by atomic mass is 10.1. The number of unbranched alkanes of at least 4 members (excludes halogenated alkanes) is 2. The SMILES string of the molecule is CCCCCOC(=O)CCCN1C(=O)C(=CC(C)=Cc2ccccc2)SC1=S. The number of thioether (sulfide) groups is 1. The highest BCUT2D eigenvalue weighted by molar-refractivity contribution is 8.26. The number of esters is 1. The summed E-state index contributed by atoms with van der Waals surface area (Å²) in [5.74, 6) is -0.300. The number of amides is 1. The molecule has 0 N–H and O–H groups in total. The van der Waals surface area contributed by atoms with E-state index in [2.05, 4.69) is 6.92 Å². The van der Waals surface area contributed by atoms with Crippen molar-refractivity contribution in [3.8, 4) is 0 Å². The highest BCUT2D eigenvalue weighted by Crippen LogP contribution is 2.32. The van der Waals surface area contributed by atoms with Gasteiger partial charge >= 0.3 is 5.97 Å². The second kappa shape index (κ2) is 11.8. The maximum Gasteiger partial charge on any atom is 0.305 e. The third-order valence-corrected chi connectivity index (χ3v) is 5.58. The van der Waals surface area contributed by atoms with Crippen molar-refractivity contribution in [2.75, 3.05) is 13.2 Å². The van der Waals surface area contributed by atoms with E-state index in [0.29, 0.717) is 35.2 Å². The molecule has 0 bridgehead atoms. The first kappa shape index (κ1) is 22.4. The molecule has 0 aliphatic carbocycles. The van der Waals surface area contributed by atoms with Crippen LogP contribution in [0.15, 0.2) is 46.9 Å². The van der Waals surface area contributed by atoms with Crippen LogP contribution in [-0.4, -0.2) is 34.2 Å². The van der Waals surface area contributed by atoms with Crippen LogP contribution in [0.2, 0.25) is 0 Å². The predicted octanol–water partition coefficient (Wildman–Crippen LogP) is 5.35. The van der Waals surface area contributed by atoms with E-state index < -0.39 is 0 Å². The van der Waals surface area contributed by atoms with Crippen LogP contribution in [-0.2, 0) is 14.3 Å². The van der Waals surface area contributed by atoms with Crippen LogP contribution in [0, 0.1) is 0 Å². The maximum atomic E-state index is 12.6. The molecule has 1 amide bonds. The number of carbonyl (C=O) groups excluding carboxylic acids is 2. The second-order valence-electron chi connectivity index (χ2n) is 6.66. The molecule has 1 heterocycles. The van der Waals surface area contributed by atoms with Crippen LogP contribution in [0.4, 0.5) is 0 Å². The highest BCUT2D eigenvalue weighted by Gasteiger charge is 2.31. The van der Waals surface area contributed by atoms with Crippen LogP contribution in [0.3, 0.4) is 0 Å². The summed E-state index contributed by atoms with van der Waals surface area (Å²) in [4.78, 5) is 26.6. The molecule has 4 nitrogen and oxygen atoms in total. The molecule has 0 spiro atoms. The normalized spacial score (nSPS) is 16.1. The van der Waals surface area contributed by atoms with Crippen molar-refractivity contribution in [2.24, 2.45) is 0 Å². The minimum atomic E-state index is -0.210. The maximum absolute atomic E-state index is 12.6. The van der Waals surface area contributed by atoms with Crippen LogP contribution in [0.5, 0.6) is 0 Å². The largest absolute Gasteiger partial charge is 0.466 e. The van der Waals surface area contributed by atoms with Gasteiger partial charge in [0.25, 0.3) is 5.91 Å². The standard InChI is InChI=1S/C22H27NO3S2/c1-3-4-8-14-26-20(24)12-9-13-23-21(25)19(28-22(23)27)16-17(2)15-18-10-6-5-7-11-18/h5-7,10-11,15-16H,3-4,8-9,12-14H2,1-2H3. The molecule has 1 aliphatic rings. The molecule has 1 fully saturated rings. The topological polar surface area (TPSA) is 46.6 Å². The van der Waals surface area contributed by atoms with Crippen molar-refractivity contribution < 1.29 is 14.3 Å². The molecule has 2 rings (SSSR count). The van der Waals surface area contributed by atoms with Gasteiger partial charge in [0.05, 0.1) is 11.5 Å². The molecule has 150 valence electrons. The Bertz CT molecular complexity index is 756. The first-order valence-electron chi connectivity index (χ1n) is 9.65. The fraction of sp³-hybridized carbons (Fsp3) is 0.409. The van der Waals surface area contributed by atoms with Crippen molar-refractivity contribution in [3.05, 3.63) is 52.4 Å². The Balaban J connectivity index is 1.84. The van der Waals surface area contributed by atoms with Crippen LogP contribution >= 0.6 is 24.0 Å². The Morgan fingerprint density at radius 1 is 1.21 bits per heavy atom. The highest BCUT2D eigenvalue weighted by atomic mass is 32.2. The lowest BCUT2D eigenvalue weighted by molar-refractivity contribution is -0.144. The van der Waals surface area contributed by atoms with E-state index in [1.54, 1.807) is 4.90 Å². The lowest BCUT2D eigenvalue weighted by Gasteiger charge is -2.13. The van der Waals surface area contributed by atoms with Gasteiger partial charge in [0.2, 0.25) is 0 Å². The molecule has 0 aromatic heterocycles. The molecule has 0 saturated carbocycles. The number of carbonyl (C=O) groups is 2. The van der Waals surface area contributed by atoms with Crippen LogP contribution in [0.1, 0.15) is 51.5 Å². The first-order chi connectivity index (χ1) is 13.5. The van der Waals surface area contributed by atoms with E-state index in [1.165, 1.54) is 11.8 Å². The zero-order chi connectivity index (χ0) is 20.4. The van der Waals surface area contributed by atoms with Crippen molar-refractivity contribution in [1.82, 2.24) is 4.90 Å². The minimum absolute atomic E-state index is 0.0906. The third kappa shape index (κ3) is 7.24. The summed E-state index contributed by atoms with van der Waals surface area (Å²) >= 11 is 6.66. The summed E-state index contributed by atoms with van der Waals surface area (Å²) < 4.78 is 5.74.